The van der Waals surface area contributed by atoms with Gasteiger partial charge in [0.15, 0.2) is 11.5 Å². The lowest BCUT2D eigenvalue weighted by molar-refractivity contribution is 0.578. The van der Waals surface area contributed by atoms with Gasteiger partial charge < -0.3 is 9.88 Å². The van der Waals surface area contributed by atoms with Crippen molar-refractivity contribution in [3.05, 3.63) is 42.9 Å². The molecule has 30 heavy (non-hydrogen) atoms. The molecule has 0 spiro atoms. The Morgan fingerprint density at radius 3 is 2.77 bits per heavy atom. The van der Waals surface area contributed by atoms with Crippen LogP contribution in [0.5, 0.6) is 0 Å². The molecule has 0 bridgehead atoms. The molecule has 1 aliphatic heterocycles. The number of anilines is 1. The summed E-state index contributed by atoms with van der Waals surface area (Å²) in [6, 6.07) is 8.35. The number of hydrogen-bond donors (Lipinski definition) is 2. The minimum absolute atomic E-state index is 0.729. The molecule has 8 nitrogen and oxygen atoms in total. The maximum absolute atomic E-state index is 4.78. The largest absolute Gasteiger partial charge is 0.370 e. The number of aryl methyl sites for hydroxylation is 1. The van der Waals surface area contributed by atoms with Crippen LogP contribution in [-0.4, -0.2) is 48.0 Å². The molecular formula is C22H22N8. The van der Waals surface area contributed by atoms with E-state index in [2.05, 4.69) is 48.4 Å². The van der Waals surface area contributed by atoms with Gasteiger partial charge >= 0.3 is 0 Å². The predicted octanol–water partition coefficient (Wildman–Crippen LogP) is 3.89. The van der Waals surface area contributed by atoms with Crippen LogP contribution in [0.2, 0.25) is 0 Å². The normalized spacial score (nSPS) is 14.8. The van der Waals surface area contributed by atoms with E-state index in [9.17, 15) is 0 Å². The third kappa shape index (κ3) is 2.75. The summed E-state index contributed by atoms with van der Waals surface area (Å²) in [4.78, 5) is 15.2. The highest BCUT2D eigenvalue weighted by molar-refractivity contribution is 5.96. The van der Waals surface area contributed by atoms with Crippen LogP contribution in [0.15, 0.2) is 42.9 Å². The Labute approximate surface area is 173 Å². The number of rotatable bonds is 3. The lowest BCUT2D eigenvalue weighted by Crippen LogP contribution is -2.29. The van der Waals surface area contributed by atoms with Gasteiger partial charge in [0.05, 0.1) is 17.4 Å². The quantitative estimate of drug-likeness (QED) is 0.481. The molecule has 5 heterocycles. The van der Waals surface area contributed by atoms with Crippen LogP contribution in [0.4, 0.5) is 5.69 Å². The average Bonchev–Trinajstić information content (AvgIpc) is 3.50. The highest BCUT2D eigenvalue weighted by atomic mass is 15.2. The van der Waals surface area contributed by atoms with Crippen molar-refractivity contribution in [1.82, 2.24) is 34.9 Å². The highest BCUT2D eigenvalue weighted by Crippen LogP contribution is 2.32. The number of benzene rings is 1. The Kier molecular flexibility index (Phi) is 3.83. The summed E-state index contributed by atoms with van der Waals surface area (Å²) in [6.45, 7) is 2.15. The summed E-state index contributed by atoms with van der Waals surface area (Å²) in [5.41, 5.74) is 6.84. The van der Waals surface area contributed by atoms with Crippen LogP contribution in [0, 0.1) is 0 Å². The number of pyridine rings is 1. The van der Waals surface area contributed by atoms with Gasteiger partial charge in [0.1, 0.15) is 11.2 Å². The first kappa shape index (κ1) is 17.2. The number of nitrogens with one attached hydrogen (secondary N) is 2. The van der Waals surface area contributed by atoms with E-state index in [1.54, 1.807) is 0 Å². The van der Waals surface area contributed by atoms with E-state index in [-0.39, 0.29) is 0 Å². The number of aromatic amines is 2. The molecule has 1 fully saturated rings. The summed E-state index contributed by atoms with van der Waals surface area (Å²) in [6.07, 6.45) is 9.49. The smallest absolute Gasteiger partial charge is 0.180 e. The van der Waals surface area contributed by atoms with Crippen LogP contribution >= 0.6 is 0 Å². The van der Waals surface area contributed by atoms with Crippen molar-refractivity contribution in [3.8, 4) is 22.6 Å². The Morgan fingerprint density at radius 1 is 1.03 bits per heavy atom. The molecule has 4 aromatic heterocycles. The lowest BCUT2D eigenvalue weighted by Gasteiger charge is -2.28. The van der Waals surface area contributed by atoms with Crippen molar-refractivity contribution < 1.29 is 0 Å². The van der Waals surface area contributed by atoms with E-state index in [0.29, 0.717) is 0 Å². The summed E-state index contributed by atoms with van der Waals surface area (Å²) in [5, 5.41) is 13.0. The highest BCUT2D eigenvalue weighted by Gasteiger charge is 2.19. The molecule has 5 aromatic rings. The molecule has 0 amide bonds. The van der Waals surface area contributed by atoms with Crippen LogP contribution in [0.3, 0.4) is 0 Å². The van der Waals surface area contributed by atoms with Gasteiger partial charge in [-0.05, 0) is 43.0 Å². The van der Waals surface area contributed by atoms with E-state index >= 15 is 0 Å². The first-order valence-electron chi connectivity index (χ1n) is 10.3. The Balaban J connectivity index is 1.47. The summed E-state index contributed by atoms with van der Waals surface area (Å²) in [5.74, 6) is 0.733. The minimum atomic E-state index is 0.729. The van der Waals surface area contributed by atoms with E-state index in [1.807, 2.05) is 36.4 Å². The maximum atomic E-state index is 4.78. The van der Waals surface area contributed by atoms with Gasteiger partial charge in [-0.25, -0.2) is 9.97 Å². The first-order valence-corrected chi connectivity index (χ1v) is 10.3. The summed E-state index contributed by atoms with van der Waals surface area (Å²) in [7, 11) is 1.92. The van der Waals surface area contributed by atoms with Crippen molar-refractivity contribution >= 4 is 27.8 Å². The zero-order valence-corrected chi connectivity index (χ0v) is 16.8. The molecular weight excluding hydrogens is 376 g/mol. The van der Waals surface area contributed by atoms with Crippen LogP contribution in [0.1, 0.15) is 19.3 Å². The van der Waals surface area contributed by atoms with Crippen LogP contribution < -0.4 is 4.90 Å². The van der Waals surface area contributed by atoms with Crippen molar-refractivity contribution in [2.24, 2.45) is 7.05 Å². The minimum Gasteiger partial charge on any atom is -0.370 e. The number of imidazole rings is 1. The second kappa shape index (κ2) is 6.69. The molecule has 0 unspecified atom stereocenters. The second-order valence-electron chi connectivity index (χ2n) is 7.90. The standard InChI is InChI=1S/C22H22N8/c1-29-13-15(12-24-29)14-5-6-17-16(11-14)19(28-27-17)22-25-20-18(7-8-23-21(20)26-22)30-9-3-2-4-10-30/h5-8,11-13H,2-4,9-10H2,1H3,(H,27,28)(H,23,25,26). The Bertz CT molecular complexity index is 1350. The molecule has 0 radical (unpaired) electrons. The molecule has 0 atom stereocenters. The van der Waals surface area contributed by atoms with Crippen LogP contribution in [-0.2, 0) is 7.05 Å². The number of fused-ring (bicyclic) bond motifs is 2. The molecule has 8 heteroatoms. The number of aromatic nitrogens is 7. The van der Waals surface area contributed by atoms with Gasteiger partial charge in [-0.2, -0.15) is 10.2 Å². The fourth-order valence-electron chi connectivity index (χ4n) is 4.35. The number of nitrogens with zero attached hydrogens (tertiary/aromatic N) is 6. The monoisotopic (exact) mass is 398 g/mol. The lowest BCUT2D eigenvalue weighted by atomic mass is 10.1. The molecule has 0 saturated carbocycles. The van der Waals surface area contributed by atoms with Gasteiger partial charge in [-0.3, -0.25) is 9.78 Å². The molecule has 1 aliphatic rings. The third-order valence-corrected chi connectivity index (χ3v) is 5.89. The van der Waals surface area contributed by atoms with Gasteiger partial charge in [-0.1, -0.05) is 6.07 Å². The average molecular weight is 398 g/mol. The zero-order valence-electron chi connectivity index (χ0n) is 16.8. The number of piperidine rings is 1. The van der Waals surface area contributed by atoms with E-state index in [0.717, 1.165) is 57.8 Å². The molecule has 0 aliphatic carbocycles. The molecule has 1 saturated heterocycles. The molecule has 1 aromatic carbocycles. The summed E-state index contributed by atoms with van der Waals surface area (Å²) < 4.78 is 1.81. The van der Waals surface area contributed by atoms with E-state index < -0.39 is 0 Å². The fraction of sp³-hybridized carbons (Fsp3) is 0.273. The molecule has 6 rings (SSSR count). The zero-order chi connectivity index (χ0) is 20.1. The van der Waals surface area contributed by atoms with Gasteiger partial charge in [0, 0.05) is 43.5 Å². The molecule has 2 N–H and O–H groups in total. The first-order chi connectivity index (χ1) is 14.8. The van der Waals surface area contributed by atoms with Crippen molar-refractivity contribution in [1.29, 1.82) is 0 Å². The van der Waals surface area contributed by atoms with Gasteiger partial charge in [-0.15, -0.1) is 0 Å². The van der Waals surface area contributed by atoms with Crippen molar-refractivity contribution in [2.45, 2.75) is 19.3 Å². The topological polar surface area (TPSA) is 91.3 Å². The fourth-order valence-corrected chi connectivity index (χ4v) is 4.35. The third-order valence-electron chi connectivity index (χ3n) is 5.89. The molecule has 150 valence electrons. The van der Waals surface area contributed by atoms with Crippen molar-refractivity contribution in [3.63, 3.8) is 0 Å². The Morgan fingerprint density at radius 2 is 1.93 bits per heavy atom. The predicted molar refractivity (Wildman–Crippen MR) is 117 cm³/mol. The van der Waals surface area contributed by atoms with Gasteiger partial charge in [0.2, 0.25) is 0 Å². The maximum Gasteiger partial charge on any atom is 0.180 e. The van der Waals surface area contributed by atoms with E-state index in [4.69, 9.17) is 4.98 Å². The second-order valence-corrected chi connectivity index (χ2v) is 7.90. The van der Waals surface area contributed by atoms with Gasteiger partial charge in [0.25, 0.3) is 0 Å². The van der Waals surface area contributed by atoms with Crippen LogP contribution in [0.25, 0.3) is 44.7 Å². The van der Waals surface area contributed by atoms with Crippen molar-refractivity contribution in [2.75, 3.05) is 18.0 Å². The SMILES string of the molecule is Cn1cc(-c2ccc3[nH]nc(-c4nc5nccc(N6CCCCC6)c5[nH]4)c3c2)cn1. The van der Waals surface area contributed by atoms with E-state index in [1.165, 1.54) is 24.9 Å². The number of H-pyrrole nitrogens is 2. The summed E-state index contributed by atoms with van der Waals surface area (Å²) >= 11 is 0. The number of hydrogen-bond acceptors (Lipinski definition) is 5. The Hall–Kier alpha value is -3.68.